The normalized spacial score (nSPS) is 10.4. The first-order valence-electron chi connectivity index (χ1n) is 12.9. The molecule has 0 N–H and O–H groups in total. The van der Waals surface area contributed by atoms with Crippen molar-refractivity contribution < 1.29 is 32.5 Å². The first kappa shape index (κ1) is 29.7. The summed E-state index contributed by atoms with van der Waals surface area (Å²) in [5, 5.41) is 18.8. The van der Waals surface area contributed by atoms with E-state index in [4.69, 9.17) is 23.8 Å². The summed E-state index contributed by atoms with van der Waals surface area (Å²) in [6.07, 6.45) is 4.20. The zero-order chi connectivity index (χ0) is 29.8. The fourth-order valence-electron chi connectivity index (χ4n) is 3.78. The zero-order valence-electron chi connectivity index (χ0n) is 23.1. The molecule has 9 heteroatoms. The third kappa shape index (κ3) is 8.37. The highest BCUT2D eigenvalue weighted by Crippen LogP contribution is 2.44. The Hall–Kier alpha value is -5.25. The first-order chi connectivity index (χ1) is 20.4. The third-order valence-corrected chi connectivity index (χ3v) is 7.66. The van der Waals surface area contributed by atoms with Gasteiger partial charge in [-0.25, -0.2) is 0 Å². The molecule has 0 spiro atoms. The average molecular weight is 581 g/mol. The maximum absolute atomic E-state index is 14.0. The number of benzene rings is 4. The molecule has 0 aliphatic heterocycles. The SMILES string of the molecule is COc1ccc(OP(=O)(Oc2ccc(OC)cc2)[n+]2ccc(Cc3ccccc3)cc2)cc1.N#Cc1cccc([O-])c1. The van der Waals surface area contributed by atoms with Gasteiger partial charge in [0.1, 0.15) is 23.0 Å². The van der Waals surface area contributed by atoms with E-state index >= 15 is 0 Å². The van der Waals surface area contributed by atoms with E-state index < -0.39 is 7.75 Å². The van der Waals surface area contributed by atoms with E-state index in [1.807, 2.05) is 36.4 Å². The molecule has 212 valence electrons. The van der Waals surface area contributed by atoms with Crippen LogP contribution in [-0.2, 0) is 11.0 Å². The predicted octanol–water partition coefficient (Wildman–Crippen LogP) is 6.33. The Morgan fingerprint density at radius 3 is 1.64 bits per heavy atom. The van der Waals surface area contributed by atoms with Gasteiger partial charge in [-0.3, -0.25) is 0 Å². The Bertz CT molecular complexity index is 1600. The number of nitrogens with zero attached hydrogens (tertiary/aromatic N) is 2. The summed E-state index contributed by atoms with van der Waals surface area (Å²) in [5.74, 6) is 2.02. The summed E-state index contributed by atoms with van der Waals surface area (Å²) in [5.41, 5.74) is 2.70. The van der Waals surface area contributed by atoms with Crippen molar-refractivity contribution in [3.05, 3.63) is 144 Å². The highest BCUT2D eigenvalue weighted by molar-refractivity contribution is 7.47. The maximum atomic E-state index is 14.0. The maximum Gasteiger partial charge on any atom is 0.728 e. The van der Waals surface area contributed by atoms with Crippen LogP contribution in [0.25, 0.3) is 0 Å². The monoisotopic (exact) mass is 580 g/mol. The number of methoxy groups -OCH3 is 2. The molecule has 0 aliphatic carbocycles. The molecule has 0 atom stereocenters. The molecule has 0 saturated heterocycles. The fraction of sp³-hybridized carbons (Fsp3) is 0.0909. The van der Waals surface area contributed by atoms with Gasteiger partial charge in [-0.05, 0) is 72.1 Å². The van der Waals surface area contributed by atoms with E-state index in [-0.39, 0.29) is 5.75 Å². The minimum Gasteiger partial charge on any atom is -0.872 e. The van der Waals surface area contributed by atoms with Crippen molar-refractivity contribution in [3.8, 4) is 34.8 Å². The molecule has 4 aromatic carbocycles. The molecule has 5 aromatic rings. The Labute approximate surface area is 245 Å². The first-order valence-corrected chi connectivity index (χ1v) is 14.4. The van der Waals surface area contributed by atoms with E-state index in [0.29, 0.717) is 28.6 Å². The molecule has 0 aliphatic rings. The highest BCUT2D eigenvalue weighted by atomic mass is 31.2. The van der Waals surface area contributed by atoms with E-state index in [9.17, 15) is 9.67 Å². The molecule has 5 rings (SSSR count). The fourth-order valence-corrected chi connectivity index (χ4v) is 5.24. The van der Waals surface area contributed by atoms with Crippen LogP contribution in [-0.4, -0.2) is 14.2 Å². The zero-order valence-corrected chi connectivity index (χ0v) is 24.0. The van der Waals surface area contributed by atoms with Gasteiger partial charge >= 0.3 is 7.75 Å². The van der Waals surface area contributed by atoms with Crippen molar-refractivity contribution in [1.29, 1.82) is 5.26 Å². The van der Waals surface area contributed by atoms with Gasteiger partial charge in [0, 0.05) is 12.1 Å². The lowest BCUT2D eigenvalue weighted by molar-refractivity contribution is -0.536. The van der Waals surface area contributed by atoms with Crippen LogP contribution in [0.5, 0.6) is 28.7 Å². The molecule has 0 fully saturated rings. The van der Waals surface area contributed by atoms with Crippen LogP contribution in [0.2, 0.25) is 0 Å². The van der Waals surface area contributed by atoms with Crippen LogP contribution >= 0.6 is 7.75 Å². The van der Waals surface area contributed by atoms with Gasteiger partial charge in [0.2, 0.25) is 0 Å². The molecule has 8 nitrogen and oxygen atoms in total. The second-order valence-corrected chi connectivity index (χ2v) is 10.7. The predicted molar refractivity (Wildman–Crippen MR) is 157 cm³/mol. The Kier molecular flexibility index (Phi) is 10.2. The van der Waals surface area contributed by atoms with Gasteiger partial charge in [-0.1, -0.05) is 52.9 Å². The van der Waals surface area contributed by atoms with Crippen molar-refractivity contribution in [1.82, 2.24) is 0 Å². The summed E-state index contributed by atoms with van der Waals surface area (Å²) in [4.78, 5) is 0. The quantitative estimate of drug-likeness (QED) is 0.188. The lowest BCUT2D eigenvalue weighted by Crippen LogP contribution is -2.35. The van der Waals surface area contributed by atoms with Crippen molar-refractivity contribution in [2.45, 2.75) is 6.42 Å². The van der Waals surface area contributed by atoms with Gasteiger partial charge in [-0.2, -0.15) is 9.83 Å². The number of hydrogen-bond acceptors (Lipinski definition) is 7. The number of hydrogen-bond donors (Lipinski definition) is 0. The summed E-state index contributed by atoms with van der Waals surface area (Å²) in [6, 6.07) is 35.4. The molecule has 1 heterocycles. The van der Waals surface area contributed by atoms with E-state index in [1.165, 1.54) is 22.0 Å². The van der Waals surface area contributed by atoms with Crippen LogP contribution in [0.4, 0.5) is 0 Å². The highest BCUT2D eigenvalue weighted by Gasteiger charge is 2.42. The number of pyridine rings is 1. The number of ether oxygens (including phenoxy) is 2. The van der Waals surface area contributed by atoms with E-state index in [2.05, 4.69) is 12.1 Å². The number of nitriles is 1. The van der Waals surface area contributed by atoms with Gasteiger partial charge in [0.15, 0.2) is 12.4 Å². The molecule has 0 amide bonds. The van der Waals surface area contributed by atoms with Crippen LogP contribution in [0.1, 0.15) is 16.7 Å². The standard InChI is InChI=1S/C26H25NO5P.C7H5NO/c1-29-23-8-12-25(13-9-23)31-33(28,32-26-14-10-24(30-2)11-15-26)27-18-16-22(17-19-27)20-21-6-4-3-5-7-21;8-5-6-2-1-3-7(9)4-6/h3-19H,20H2,1-2H3;1-4,9H/q+1;/p-1. The summed E-state index contributed by atoms with van der Waals surface area (Å²) in [7, 11) is -0.662. The second kappa shape index (κ2) is 14.4. The summed E-state index contributed by atoms with van der Waals surface area (Å²) in [6.45, 7) is 0. The lowest BCUT2D eigenvalue weighted by Gasteiger charge is -2.14. The van der Waals surface area contributed by atoms with Gasteiger partial charge in [0.25, 0.3) is 0 Å². The van der Waals surface area contributed by atoms with Gasteiger partial charge < -0.3 is 23.6 Å². The van der Waals surface area contributed by atoms with Crippen molar-refractivity contribution >= 4 is 7.75 Å². The molecular formula is C33H29N2O6P. The Morgan fingerprint density at radius 2 is 1.19 bits per heavy atom. The summed E-state index contributed by atoms with van der Waals surface area (Å²) < 4.78 is 37.7. The second-order valence-electron chi connectivity index (χ2n) is 8.89. The van der Waals surface area contributed by atoms with Crippen LogP contribution in [0.15, 0.2) is 128 Å². The lowest BCUT2D eigenvalue weighted by atomic mass is 10.1. The Morgan fingerprint density at radius 1 is 0.690 bits per heavy atom. The number of aromatic nitrogens is 1. The average Bonchev–Trinajstić information content (AvgIpc) is 3.03. The van der Waals surface area contributed by atoms with Crippen molar-refractivity contribution in [2.24, 2.45) is 0 Å². The molecular weight excluding hydrogens is 551 g/mol. The van der Waals surface area contributed by atoms with Crippen LogP contribution in [0, 0.1) is 11.3 Å². The van der Waals surface area contributed by atoms with Gasteiger partial charge in [-0.15, -0.1) is 5.75 Å². The molecule has 42 heavy (non-hydrogen) atoms. The molecule has 0 saturated carbocycles. The van der Waals surface area contributed by atoms with Crippen molar-refractivity contribution in [2.75, 3.05) is 14.2 Å². The molecule has 0 bridgehead atoms. The van der Waals surface area contributed by atoms with Crippen molar-refractivity contribution in [3.63, 3.8) is 0 Å². The smallest absolute Gasteiger partial charge is 0.728 e. The van der Waals surface area contributed by atoms with Crippen LogP contribution in [0.3, 0.4) is 0 Å². The van der Waals surface area contributed by atoms with Gasteiger partial charge in [0.05, 0.1) is 25.9 Å². The molecule has 0 unspecified atom stereocenters. The Balaban J connectivity index is 0.000000385. The molecule has 0 radical (unpaired) electrons. The summed E-state index contributed by atoms with van der Waals surface area (Å²) >= 11 is 0. The van der Waals surface area contributed by atoms with Crippen LogP contribution < -0.4 is 28.0 Å². The largest absolute Gasteiger partial charge is 0.872 e. The minimum atomic E-state index is -3.83. The molecule has 1 aromatic heterocycles. The van der Waals surface area contributed by atoms with E-state index in [0.717, 1.165) is 12.0 Å². The van der Waals surface area contributed by atoms with E-state index in [1.54, 1.807) is 87.3 Å². The topological polar surface area (TPSA) is 105 Å². The third-order valence-electron chi connectivity index (χ3n) is 5.94. The number of rotatable bonds is 9. The minimum absolute atomic E-state index is 0.117.